The van der Waals surface area contributed by atoms with Gasteiger partial charge in [0.25, 0.3) is 5.69 Å². The highest BCUT2D eigenvalue weighted by atomic mass is 16.6. The lowest BCUT2D eigenvalue weighted by molar-refractivity contribution is -0.385. The maximum absolute atomic E-state index is 10.8. The summed E-state index contributed by atoms with van der Waals surface area (Å²) in [6.07, 6.45) is 2.90. The van der Waals surface area contributed by atoms with Crippen LogP contribution in [0.5, 0.6) is 0 Å². The third-order valence-electron chi connectivity index (χ3n) is 2.52. The fraction of sp³-hybridized carbons (Fsp3) is 0.400. The molecule has 1 aliphatic rings. The number of nitrogens with zero attached hydrogens (tertiary/aromatic N) is 1. The van der Waals surface area contributed by atoms with Gasteiger partial charge in [0.05, 0.1) is 10.5 Å². The van der Waals surface area contributed by atoms with Crippen molar-refractivity contribution in [1.29, 1.82) is 0 Å². The first-order chi connectivity index (χ1) is 6.79. The largest absolute Gasteiger partial charge is 0.385 e. The van der Waals surface area contributed by atoms with E-state index in [4.69, 9.17) is 0 Å². The summed E-state index contributed by atoms with van der Waals surface area (Å²) in [6.45, 7) is 0.911. The molecule has 0 saturated heterocycles. The van der Waals surface area contributed by atoms with Gasteiger partial charge in [-0.15, -0.1) is 0 Å². The molecule has 1 heterocycles. The van der Waals surface area contributed by atoms with Crippen molar-refractivity contribution in [2.75, 3.05) is 11.9 Å². The van der Waals surface area contributed by atoms with Crippen LogP contribution in [0.4, 0.5) is 11.4 Å². The molecule has 0 saturated carbocycles. The third kappa shape index (κ3) is 1.55. The average Bonchev–Trinajstić information content (AvgIpc) is 2.41. The second kappa shape index (κ2) is 3.65. The summed E-state index contributed by atoms with van der Waals surface area (Å²) in [5.41, 5.74) is 2.03. The lowest BCUT2D eigenvalue weighted by Crippen LogP contribution is -2.01. The molecule has 4 heteroatoms. The molecule has 0 radical (unpaired) electrons. The summed E-state index contributed by atoms with van der Waals surface area (Å²) >= 11 is 0. The lowest BCUT2D eigenvalue weighted by atomic mass is 10.1. The van der Waals surface area contributed by atoms with Crippen LogP contribution in [0.15, 0.2) is 18.2 Å². The molecule has 1 N–H and O–H groups in total. The number of anilines is 1. The Morgan fingerprint density at radius 3 is 3.00 bits per heavy atom. The molecule has 14 heavy (non-hydrogen) atoms. The van der Waals surface area contributed by atoms with E-state index < -0.39 is 0 Å². The van der Waals surface area contributed by atoms with Gasteiger partial charge in [-0.3, -0.25) is 10.1 Å². The molecule has 1 aromatic rings. The fourth-order valence-electron chi connectivity index (χ4n) is 1.82. The number of nitro groups is 1. The Kier molecular flexibility index (Phi) is 2.35. The summed E-state index contributed by atoms with van der Waals surface area (Å²) in [7, 11) is 0. The number of hydrogen-bond donors (Lipinski definition) is 1. The molecule has 0 atom stereocenters. The van der Waals surface area contributed by atoms with Crippen molar-refractivity contribution < 1.29 is 4.92 Å². The van der Waals surface area contributed by atoms with E-state index in [9.17, 15) is 10.1 Å². The summed E-state index contributed by atoms with van der Waals surface area (Å²) in [4.78, 5) is 10.5. The Labute approximate surface area is 82.1 Å². The molecule has 0 amide bonds. The van der Waals surface area contributed by atoms with Crippen LogP contribution in [-0.2, 0) is 6.42 Å². The van der Waals surface area contributed by atoms with Crippen LogP contribution in [0.3, 0.4) is 0 Å². The van der Waals surface area contributed by atoms with Crippen LogP contribution in [0.1, 0.15) is 18.4 Å². The highest BCUT2D eigenvalue weighted by Gasteiger charge is 2.18. The second-order valence-corrected chi connectivity index (χ2v) is 3.44. The number of fused-ring (bicyclic) bond motifs is 1. The van der Waals surface area contributed by atoms with Crippen LogP contribution in [0, 0.1) is 10.1 Å². The minimum atomic E-state index is -0.300. The van der Waals surface area contributed by atoms with E-state index in [2.05, 4.69) is 5.32 Å². The maximum atomic E-state index is 10.8. The van der Waals surface area contributed by atoms with Gasteiger partial charge in [-0.05, 0) is 25.3 Å². The van der Waals surface area contributed by atoms with Crippen LogP contribution in [0.2, 0.25) is 0 Å². The number of benzene rings is 1. The first kappa shape index (κ1) is 8.99. The number of hydrogen-bond acceptors (Lipinski definition) is 3. The number of rotatable bonds is 1. The van der Waals surface area contributed by atoms with Gasteiger partial charge < -0.3 is 5.32 Å². The van der Waals surface area contributed by atoms with Gasteiger partial charge in [-0.25, -0.2) is 0 Å². The van der Waals surface area contributed by atoms with E-state index in [0.29, 0.717) is 0 Å². The summed E-state index contributed by atoms with van der Waals surface area (Å²) < 4.78 is 0. The average molecular weight is 192 g/mol. The molecule has 0 bridgehead atoms. The molecular formula is C10H12N2O2. The van der Waals surface area contributed by atoms with Crippen molar-refractivity contribution in [2.45, 2.75) is 19.3 Å². The number of nitrogens with one attached hydrogen (secondary N) is 1. The van der Waals surface area contributed by atoms with Crippen LogP contribution < -0.4 is 5.32 Å². The third-order valence-corrected chi connectivity index (χ3v) is 2.52. The van der Waals surface area contributed by atoms with Gasteiger partial charge in [-0.1, -0.05) is 6.07 Å². The molecule has 0 fully saturated rings. The smallest absolute Gasteiger partial charge is 0.274 e. The normalized spacial score (nSPS) is 15.1. The van der Waals surface area contributed by atoms with Crippen molar-refractivity contribution in [2.24, 2.45) is 0 Å². The molecule has 2 rings (SSSR count). The minimum absolute atomic E-state index is 0.247. The Hall–Kier alpha value is -1.58. The van der Waals surface area contributed by atoms with Gasteiger partial charge in [0.1, 0.15) is 0 Å². The summed E-state index contributed by atoms with van der Waals surface area (Å²) in [5.74, 6) is 0. The molecule has 1 aliphatic heterocycles. The van der Waals surface area contributed by atoms with E-state index in [-0.39, 0.29) is 10.6 Å². The monoisotopic (exact) mass is 192 g/mol. The molecule has 4 nitrogen and oxygen atoms in total. The van der Waals surface area contributed by atoms with Gasteiger partial charge >= 0.3 is 0 Å². The zero-order valence-corrected chi connectivity index (χ0v) is 7.82. The Balaban J connectivity index is 2.47. The zero-order chi connectivity index (χ0) is 9.97. The van der Waals surface area contributed by atoms with Crippen LogP contribution in [-0.4, -0.2) is 11.5 Å². The van der Waals surface area contributed by atoms with Crippen molar-refractivity contribution in [3.63, 3.8) is 0 Å². The molecule has 0 aromatic heterocycles. The topological polar surface area (TPSA) is 55.2 Å². The van der Waals surface area contributed by atoms with E-state index in [1.165, 1.54) is 0 Å². The van der Waals surface area contributed by atoms with Gasteiger partial charge in [-0.2, -0.15) is 0 Å². The van der Waals surface area contributed by atoms with E-state index in [0.717, 1.165) is 37.1 Å². The first-order valence-corrected chi connectivity index (χ1v) is 4.79. The Morgan fingerprint density at radius 1 is 1.36 bits per heavy atom. The molecule has 74 valence electrons. The lowest BCUT2D eigenvalue weighted by Gasteiger charge is -2.06. The van der Waals surface area contributed by atoms with Crippen LogP contribution in [0.25, 0.3) is 0 Å². The quantitative estimate of drug-likeness (QED) is 0.548. The van der Waals surface area contributed by atoms with Crippen molar-refractivity contribution in [3.8, 4) is 0 Å². The van der Waals surface area contributed by atoms with Crippen molar-refractivity contribution >= 4 is 11.4 Å². The molecule has 0 unspecified atom stereocenters. The Bertz CT molecular complexity index is 363. The van der Waals surface area contributed by atoms with Gasteiger partial charge in [0, 0.05) is 18.3 Å². The van der Waals surface area contributed by atoms with Crippen LogP contribution >= 0.6 is 0 Å². The van der Waals surface area contributed by atoms with E-state index in [1.54, 1.807) is 12.1 Å². The molecule has 0 aliphatic carbocycles. The Morgan fingerprint density at radius 2 is 2.21 bits per heavy atom. The highest BCUT2D eigenvalue weighted by Crippen LogP contribution is 2.29. The minimum Gasteiger partial charge on any atom is -0.385 e. The summed E-state index contributed by atoms with van der Waals surface area (Å²) in [6, 6.07) is 5.22. The fourth-order valence-corrected chi connectivity index (χ4v) is 1.82. The van der Waals surface area contributed by atoms with E-state index in [1.807, 2.05) is 6.07 Å². The second-order valence-electron chi connectivity index (χ2n) is 3.44. The van der Waals surface area contributed by atoms with Gasteiger partial charge in [0.2, 0.25) is 0 Å². The highest BCUT2D eigenvalue weighted by molar-refractivity contribution is 5.61. The zero-order valence-electron chi connectivity index (χ0n) is 7.82. The maximum Gasteiger partial charge on any atom is 0.274 e. The molecular weight excluding hydrogens is 180 g/mol. The van der Waals surface area contributed by atoms with Gasteiger partial charge in [0.15, 0.2) is 0 Å². The predicted molar refractivity (Wildman–Crippen MR) is 54.5 cm³/mol. The van der Waals surface area contributed by atoms with Crippen molar-refractivity contribution in [3.05, 3.63) is 33.9 Å². The SMILES string of the molecule is O=[N+]([O-])c1cccc2c1CCCCN2. The van der Waals surface area contributed by atoms with Crippen molar-refractivity contribution in [1.82, 2.24) is 0 Å². The standard InChI is InChI=1S/C10H12N2O2/c13-12(14)10-6-3-5-9-8(10)4-1-2-7-11-9/h3,5-6,11H,1-2,4,7H2. The predicted octanol–water partition coefficient (Wildman–Crippen LogP) is 2.34. The first-order valence-electron chi connectivity index (χ1n) is 4.79. The molecule has 1 aromatic carbocycles. The van der Waals surface area contributed by atoms with E-state index >= 15 is 0 Å². The number of nitro benzene ring substituents is 1. The summed E-state index contributed by atoms with van der Waals surface area (Å²) in [5, 5.41) is 14.0. The molecule has 0 spiro atoms.